The van der Waals surface area contributed by atoms with Crippen molar-refractivity contribution in [2.24, 2.45) is 5.92 Å². The fourth-order valence-corrected chi connectivity index (χ4v) is 6.36. The van der Waals surface area contributed by atoms with Gasteiger partial charge in [0.15, 0.2) is 0 Å². The zero-order chi connectivity index (χ0) is 21.1. The Morgan fingerprint density at radius 2 is 2.10 bits per heavy atom. The zero-order valence-electron chi connectivity index (χ0n) is 17.3. The first kappa shape index (κ1) is 19.1. The van der Waals surface area contributed by atoms with Gasteiger partial charge in [0.25, 0.3) is 0 Å². The molecular weight excluding hydrogens is 428 g/mol. The van der Waals surface area contributed by atoms with Crippen LogP contribution in [0.2, 0.25) is 5.02 Å². The van der Waals surface area contributed by atoms with Crippen LogP contribution in [-0.2, 0) is 6.54 Å². The van der Waals surface area contributed by atoms with E-state index in [9.17, 15) is 4.79 Å². The number of rotatable bonds is 3. The van der Waals surface area contributed by atoms with Crippen molar-refractivity contribution in [2.75, 3.05) is 0 Å². The summed E-state index contributed by atoms with van der Waals surface area (Å²) in [6, 6.07) is 8.22. The van der Waals surface area contributed by atoms with Gasteiger partial charge >= 0.3 is 5.69 Å². The third-order valence-electron chi connectivity index (χ3n) is 6.85. The lowest BCUT2D eigenvalue weighted by molar-refractivity contribution is 0.256. The van der Waals surface area contributed by atoms with Gasteiger partial charge in [-0.15, -0.1) is 11.3 Å². The lowest BCUT2D eigenvalue weighted by Crippen LogP contribution is -2.32. The molecule has 1 aliphatic rings. The second kappa shape index (κ2) is 7.24. The van der Waals surface area contributed by atoms with Crippen LogP contribution in [0, 0.1) is 5.92 Å². The van der Waals surface area contributed by atoms with Crippen molar-refractivity contribution in [3.63, 3.8) is 0 Å². The number of halogens is 1. The molecular formula is C24H23ClN4OS. The maximum atomic E-state index is 13.9. The lowest BCUT2D eigenvalue weighted by atomic mass is 9.85. The van der Waals surface area contributed by atoms with E-state index < -0.39 is 0 Å². The van der Waals surface area contributed by atoms with E-state index in [1.165, 1.54) is 24.0 Å². The Morgan fingerprint density at radius 1 is 1.23 bits per heavy atom. The number of nitrogens with zero attached hydrogens (tertiary/aromatic N) is 3. The van der Waals surface area contributed by atoms with Crippen LogP contribution in [0.3, 0.4) is 0 Å². The maximum Gasteiger partial charge on any atom is 0.329 e. The highest BCUT2D eigenvalue weighted by Crippen LogP contribution is 2.37. The third-order valence-corrected chi connectivity index (χ3v) is 8.10. The molecule has 1 aliphatic carbocycles. The van der Waals surface area contributed by atoms with Gasteiger partial charge in [-0.1, -0.05) is 31.4 Å². The average Bonchev–Trinajstić information content (AvgIpc) is 3.46. The molecule has 158 valence electrons. The summed E-state index contributed by atoms with van der Waals surface area (Å²) in [5.74, 6) is 0.480. The predicted octanol–water partition coefficient (Wildman–Crippen LogP) is 6.35. The van der Waals surface area contributed by atoms with Gasteiger partial charge < -0.3 is 4.98 Å². The van der Waals surface area contributed by atoms with Gasteiger partial charge in [-0.25, -0.2) is 9.78 Å². The Kier molecular flexibility index (Phi) is 4.47. The number of pyridine rings is 1. The Morgan fingerprint density at radius 3 is 2.97 bits per heavy atom. The van der Waals surface area contributed by atoms with Gasteiger partial charge in [0.2, 0.25) is 0 Å². The summed E-state index contributed by atoms with van der Waals surface area (Å²) in [5, 5.41) is 4.99. The van der Waals surface area contributed by atoms with E-state index in [1.807, 2.05) is 41.2 Å². The molecule has 0 spiro atoms. The fraction of sp³-hybridized carbons (Fsp3) is 0.333. The molecule has 4 heterocycles. The second-order valence-electron chi connectivity index (χ2n) is 8.70. The largest absolute Gasteiger partial charge is 0.346 e. The van der Waals surface area contributed by atoms with Gasteiger partial charge in [0.1, 0.15) is 5.65 Å². The molecule has 0 saturated heterocycles. The smallest absolute Gasteiger partial charge is 0.329 e. The van der Waals surface area contributed by atoms with Gasteiger partial charge in [-0.2, -0.15) is 0 Å². The van der Waals surface area contributed by atoms with Crippen LogP contribution in [0.4, 0.5) is 0 Å². The Labute approximate surface area is 188 Å². The van der Waals surface area contributed by atoms with Crippen molar-refractivity contribution in [1.82, 2.24) is 19.1 Å². The summed E-state index contributed by atoms with van der Waals surface area (Å²) in [5.41, 5.74) is 3.92. The molecule has 5 nitrogen and oxygen atoms in total. The maximum absolute atomic E-state index is 13.9. The Balaban J connectivity index is 1.60. The molecule has 7 heteroatoms. The van der Waals surface area contributed by atoms with Crippen molar-refractivity contribution < 1.29 is 0 Å². The standard InChI is InChI=1S/C24H23ClN4OS/c1-14-4-2-3-5-19(14)29-22-17-8-9-26-23(17)27-11-20(22)28(24(29)30)12-15-13-31-21-7-6-16(25)10-18(15)21/h6-11,13-14,19H,2-5,12H2,1H3,(H,26,27)/t14-,19+/m1/s1. The monoisotopic (exact) mass is 450 g/mol. The first-order valence-electron chi connectivity index (χ1n) is 10.8. The van der Waals surface area contributed by atoms with E-state index in [1.54, 1.807) is 11.3 Å². The predicted molar refractivity (Wildman–Crippen MR) is 128 cm³/mol. The van der Waals surface area contributed by atoms with Crippen LogP contribution in [0.15, 0.2) is 46.8 Å². The van der Waals surface area contributed by atoms with Gasteiger partial charge in [0.05, 0.1) is 23.8 Å². The SMILES string of the molecule is C[C@@H]1CCCC[C@@H]1n1c(=O)n(Cc2csc3ccc(Cl)cc23)c2cnc3[nH]ccc3c21. The number of thiophene rings is 1. The number of hydrogen-bond acceptors (Lipinski definition) is 3. The van der Waals surface area contributed by atoms with E-state index in [0.29, 0.717) is 17.5 Å². The quantitative estimate of drug-likeness (QED) is 0.348. The minimum Gasteiger partial charge on any atom is -0.346 e. The van der Waals surface area contributed by atoms with Gasteiger partial charge in [-0.05, 0) is 59.4 Å². The molecule has 0 aliphatic heterocycles. The molecule has 0 amide bonds. The van der Waals surface area contributed by atoms with Gasteiger partial charge in [0, 0.05) is 27.3 Å². The van der Waals surface area contributed by atoms with Crippen molar-refractivity contribution in [1.29, 1.82) is 0 Å². The van der Waals surface area contributed by atoms with E-state index in [-0.39, 0.29) is 11.7 Å². The molecule has 1 saturated carbocycles. The topological polar surface area (TPSA) is 55.6 Å². The van der Waals surface area contributed by atoms with Crippen LogP contribution in [0.25, 0.3) is 32.2 Å². The Bertz CT molecular complexity index is 1490. The summed E-state index contributed by atoms with van der Waals surface area (Å²) >= 11 is 7.96. The summed E-state index contributed by atoms with van der Waals surface area (Å²) in [6.45, 7) is 2.80. The number of aromatic amines is 1. The van der Waals surface area contributed by atoms with Crippen molar-refractivity contribution >= 4 is 55.1 Å². The Hall–Kier alpha value is -2.57. The fourth-order valence-electron chi connectivity index (χ4n) is 5.25. The van der Waals surface area contributed by atoms with E-state index >= 15 is 0 Å². The summed E-state index contributed by atoms with van der Waals surface area (Å²) in [4.78, 5) is 21.7. The van der Waals surface area contributed by atoms with Crippen molar-refractivity contribution in [3.8, 4) is 0 Å². The molecule has 2 atom stereocenters. The summed E-state index contributed by atoms with van der Waals surface area (Å²) in [6.07, 6.45) is 8.38. The molecule has 1 aromatic carbocycles. The molecule has 0 radical (unpaired) electrons. The molecule has 6 rings (SSSR count). The summed E-state index contributed by atoms with van der Waals surface area (Å²) < 4.78 is 5.15. The highest BCUT2D eigenvalue weighted by molar-refractivity contribution is 7.17. The van der Waals surface area contributed by atoms with Gasteiger partial charge in [-0.3, -0.25) is 9.13 Å². The molecule has 5 aromatic rings. The normalized spacial score (nSPS) is 19.7. The molecule has 0 unspecified atom stereocenters. The first-order chi connectivity index (χ1) is 15.1. The number of aromatic nitrogens is 4. The zero-order valence-corrected chi connectivity index (χ0v) is 18.8. The van der Waals surface area contributed by atoms with Crippen molar-refractivity contribution in [3.05, 3.63) is 63.1 Å². The first-order valence-corrected chi connectivity index (χ1v) is 12.1. The second-order valence-corrected chi connectivity index (χ2v) is 10.0. The van der Waals surface area contributed by atoms with Crippen LogP contribution >= 0.6 is 22.9 Å². The summed E-state index contributed by atoms with van der Waals surface area (Å²) in [7, 11) is 0. The molecule has 0 bridgehead atoms. The lowest BCUT2D eigenvalue weighted by Gasteiger charge is -2.29. The number of benzene rings is 1. The van der Waals surface area contributed by atoms with Crippen LogP contribution < -0.4 is 5.69 Å². The number of H-pyrrole nitrogens is 1. The molecule has 4 aromatic heterocycles. The molecule has 1 fully saturated rings. The number of fused-ring (bicyclic) bond motifs is 4. The average molecular weight is 451 g/mol. The molecule has 31 heavy (non-hydrogen) atoms. The highest BCUT2D eigenvalue weighted by atomic mass is 35.5. The van der Waals surface area contributed by atoms with E-state index in [4.69, 9.17) is 11.6 Å². The number of hydrogen-bond donors (Lipinski definition) is 1. The highest BCUT2D eigenvalue weighted by Gasteiger charge is 2.29. The van der Waals surface area contributed by atoms with Crippen molar-refractivity contribution in [2.45, 2.75) is 45.2 Å². The van der Waals surface area contributed by atoms with Crippen LogP contribution in [0.1, 0.15) is 44.2 Å². The van der Waals surface area contributed by atoms with E-state index in [0.717, 1.165) is 39.4 Å². The minimum absolute atomic E-state index is 0.0608. The molecule has 1 N–H and O–H groups in total. The van der Waals surface area contributed by atoms with Crippen LogP contribution in [-0.4, -0.2) is 19.1 Å². The van der Waals surface area contributed by atoms with Crippen LogP contribution in [0.5, 0.6) is 0 Å². The number of nitrogens with one attached hydrogen (secondary N) is 1. The van der Waals surface area contributed by atoms with E-state index in [2.05, 4.69) is 26.8 Å². The third kappa shape index (κ3) is 2.96. The minimum atomic E-state index is 0.0608. The number of imidazole rings is 1.